The summed E-state index contributed by atoms with van der Waals surface area (Å²) in [5.41, 5.74) is 0. The van der Waals surface area contributed by atoms with Crippen LogP contribution in [0.3, 0.4) is 0 Å². The van der Waals surface area contributed by atoms with Crippen molar-refractivity contribution in [3.63, 3.8) is 0 Å². The van der Waals surface area contributed by atoms with Crippen LogP contribution in [-0.2, 0) is 9.53 Å². The van der Waals surface area contributed by atoms with Crippen LogP contribution in [0.1, 0.15) is 135 Å². The number of rotatable bonds is 24. The van der Waals surface area contributed by atoms with Crippen LogP contribution in [0.25, 0.3) is 0 Å². The molecule has 7 heteroatoms. The summed E-state index contributed by atoms with van der Waals surface area (Å²) in [6.07, 6.45) is 17.0. The molecule has 1 rings (SSSR count). The highest BCUT2D eigenvalue weighted by Gasteiger charge is 2.24. The molecule has 5 N–H and O–H groups in total. The molecule has 0 aromatic heterocycles. The predicted octanol–water partition coefficient (Wildman–Crippen LogP) is 5.09. The fourth-order valence-corrected chi connectivity index (χ4v) is 5.17. The summed E-state index contributed by atoms with van der Waals surface area (Å²) in [7, 11) is 0. The summed E-state index contributed by atoms with van der Waals surface area (Å²) in [4.78, 5) is 11.3. The zero-order valence-corrected chi connectivity index (χ0v) is 23.3. The molecule has 1 aliphatic heterocycles. The monoisotopic (exact) mass is 528 g/mol. The van der Waals surface area contributed by atoms with Gasteiger partial charge in [0.25, 0.3) is 0 Å². The summed E-state index contributed by atoms with van der Waals surface area (Å²) < 4.78 is 5.11. The third-order valence-electron chi connectivity index (χ3n) is 7.29. The van der Waals surface area contributed by atoms with Crippen molar-refractivity contribution in [2.24, 2.45) is 0 Å². The third-order valence-corrected chi connectivity index (χ3v) is 7.29. The van der Waals surface area contributed by atoms with Gasteiger partial charge in [-0.25, -0.2) is 4.79 Å². The number of ether oxygens (including phenoxy) is 1. The van der Waals surface area contributed by atoms with Gasteiger partial charge in [-0.1, -0.05) is 96.5 Å². The molecular weight excluding hydrogens is 472 g/mol. The van der Waals surface area contributed by atoms with Gasteiger partial charge in [-0.15, -0.1) is 0 Å². The van der Waals surface area contributed by atoms with Gasteiger partial charge in [0.2, 0.25) is 0 Å². The Morgan fingerprint density at radius 3 is 1.59 bits per heavy atom. The minimum atomic E-state index is -0.928. The second-order valence-corrected chi connectivity index (χ2v) is 11.2. The zero-order chi connectivity index (χ0) is 27.3. The van der Waals surface area contributed by atoms with Crippen molar-refractivity contribution in [1.82, 2.24) is 0 Å². The van der Waals surface area contributed by atoms with E-state index in [1.807, 2.05) is 0 Å². The Morgan fingerprint density at radius 1 is 0.676 bits per heavy atom. The molecule has 6 atom stereocenters. The summed E-state index contributed by atoms with van der Waals surface area (Å²) in [5.74, 6) is -0.426. The van der Waals surface area contributed by atoms with Gasteiger partial charge in [0.05, 0.1) is 30.5 Å². The van der Waals surface area contributed by atoms with Crippen molar-refractivity contribution in [3.8, 4) is 0 Å². The lowest BCUT2D eigenvalue weighted by Crippen LogP contribution is -2.30. The summed E-state index contributed by atoms with van der Waals surface area (Å²) in [5, 5.41) is 51.0. The Bertz CT molecular complexity index is 582. The van der Waals surface area contributed by atoms with Gasteiger partial charge in [0.1, 0.15) is 6.10 Å². The first-order valence-electron chi connectivity index (χ1n) is 15.1. The first kappa shape index (κ1) is 34.0. The highest BCUT2D eigenvalue weighted by Crippen LogP contribution is 2.19. The minimum absolute atomic E-state index is 0.0351. The number of aliphatic hydroxyl groups excluding tert-OH is 5. The number of carbonyl (C=O) groups is 1. The van der Waals surface area contributed by atoms with E-state index in [0.29, 0.717) is 12.8 Å². The standard InChI is InChI=1S/C30H56O7/c1-2-3-4-5-6-7-8-9-10-11-12-13-14-16-24(31)19-25(32)20-26(33)21-27(34)22-28(35)23-29-17-15-18-30(36)37-29/h15,18,24-29,31-35H,2-14,16-17,19-23H2,1H3/t24-,25+,26+,27+,28+,29+/m0/s1. The molecule has 218 valence electrons. The van der Waals surface area contributed by atoms with E-state index in [-0.39, 0.29) is 32.1 Å². The summed E-state index contributed by atoms with van der Waals surface area (Å²) in [6, 6.07) is 0. The molecule has 0 aromatic carbocycles. The largest absolute Gasteiger partial charge is 0.459 e. The Kier molecular flexibility index (Phi) is 20.1. The van der Waals surface area contributed by atoms with Gasteiger partial charge in [0, 0.05) is 18.9 Å². The van der Waals surface area contributed by atoms with E-state index < -0.39 is 42.6 Å². The maximum atomic E-state index is 11.3. The highest BCUT2D eigenvalue weighted by molar-refractivity contribution is 5.82. The zero-order valence-electron chi connectivity index (χ0n) is 23.3. The van der Waals surface area contributed by atoms with Crippen molar-refractivity contribution in [2.45, 2.75) is 172 Å². The van der Waals surface area contributed by atoms with E-state index >= 15 is 0 Å². The molecule has 0 bridgehead atoms. The van der Waals surface area contributed by atoms with E-state index in [1.165, 1.54) is 76.7 Å². The molecule has 0 amide bonds. The van der Waals surface area contributed by atoms with Crippen LogP contribution in [0, 0.1) is 0 Å². The van der Waals surface area contributed by atoms with Crippen LogP contribution >= 0.6 is 0 Å². The molecular formula is C30H56O7. The second-order valence-electron chi connectivity index (χ2n) is 11.2. The van der Waals surface area contributed by atoms with E-state index in [1.54, 1.807) is 6.08 Å². The normalized spacial score (nSPS) is 19.8. The minimum Gasteiger partial charge on any atom is -0.459 e. The van der Waals surface area contributed by atoms with Crippen LogP contribution < -0.4 is 0 Å². The lowest BCUT2D eigenvalue weighted by atomic mass is 9.96. The fraction of sp³-hybridized carbons (Fsp3) is 0.900. The quantitative estimate of drug-likeness (QED) is 0.0871. The molecule has 0 aliphatic carbocycles. The Balaban J connectivity index is 2.00. The molecule has 1 heterocycles. The van der Waals surface area contributed by atoms with Gasteiger partial charge < -0.3 is 30.3 Å². The molecule has 0 saturated carbocycles. The van der Waals surface area contributed by atoms with Crippen molar-refractivity contribution >= 4 is 5.97 Å². The van der Waals surface area contributed by atoms with Gasteiger partial charge in [-0.3, -0.25) is 0 Å². The number of unbranched alkanes of at least 4 members (excludes halogenated alkanes) is 12. The van der Waals surface area contributed by atoms with Crippen molar-refractivity contribution in [2.75, 3.05) is 0 Å². The summed E-state index contributed by atoms with van der Waals surface area (Å²) in [6.45, 7) is 2.25. The van der Waals surface area contributed by atoms with Crippen LogP contribution in [-0.4, -0.2) is 68.1 Å². The topological polar surface area (TPSA) is 127 Å². The molecule has 0 radical (unpaired) electrons. The second kappa shape index (κ2) is 21.9. The molecule has 0 fully saturated rings. The van der Waals surface area contributed by atoms with E-state index in [4.69, 9.17) is 4.74 Å². The first-order chi connectivity index (χ1) is 17.8. The average molecular weight is 529 g/mol. The highest BCUT2D eigenvalue weighted by atomic mass is 16.5. The number of hydrogen-bond acceptors (Lipinski definition) is 7. The smallest absolute Gasteiger partial charge is 0.330 e. The van der Waals surface area contributed by atoms with Crippen LogP contribution in [0.5, 0.6) is 0 Å². The van der Waals surface area contributed by atoms with Gasteiger partial charge in [-0.2, -0.15) is 0 Å². The number of aliphatic hydroxyl groups is 5. The Hall–Kier alpha value is -0.990. The van der Waals surface area contributed by atoms with Crippen LogP contribution in [0.15, 0.2) is 12.2 Å². The van der Waals surface area contributed by atoms with E-state index in [0.717, 1.165) is 12.8 Å². The van der Waals surface area contributed by atoms with E-state index in [2.05, 4.69) is 6.92 Å². The third kappa shape index (κ3) is 19.7. The lowest BCUT2D eigenvalue weighted by molar-refractivity contribution is -0.145. The maximum Gasteiger partial charge on any atom is 0.330 e. The predicted molar refractivity (Wildman–Crippen MR) is 147 cm³/mol. The molecule has 1 aliphatic rings. The number of carbonyl (C=O) groups excluding carboxylic acids is 1. The summed E-state index contributed by atoms with van der Waals surface area (Å²) >= 11 is 0. The van der Waals surface area contributed by atoms with Crippen LogP contribution in [0.4, 0.5) is 0 Å². The maximum absolute atomic E-state index is 11.3. The van der Waals surface area contributed by atoms with Crippen molar-refractivity contribution in [3.05, 3.63) is 12.2 Å². The Labute approximate surface area is 225 Å². The van der Waals surface area contributed by atoms with Gasteiger partial charge >= 0.3 is 5.97 Å². The van der Waals surface area contributed by atoms with Crippen LogP contribution in [0.2, 0.25) is 0 Å². The van der Waals surface area contributed by atoms with Crippen molar-refractivity contribution < 1.29 is 35.1 Å². The van der Waals surface area contributed by atoms with E-state index in [9.17, 15) is 30.3 Å². The lowest BCUT2D eigenvalue weighted by Gasteiger charge is -2.24. The Morgan fingerprint density at radius 2 is 1.11 bits per heavy atom. The SMILES string of the molecule is CCCCCCCCCCCCCCC[C@H](O)C[C@@H](O)C[C@@H](O)C[C@@H](O)C[C@@H](O)C[C@H]1CC=CC(=O)O1. The first-order valence-corrected chi connectivity index (χ1v) is 15.1. The molecule has 0 aromatic rings. The number of esters is 1. The molecule has 37 heavy (non-hydrogen) atoms. The van der Waals surface area contributed by atoms with Gasteiger partial charge in [-0.05, 0) is 32.1 Å². The number of cyclic esters (lactones) is 1. The van der Waals surface area contributed by atoms with Crippen molar-refractivity contribution in [1.29, 1.82) is 0 Å². The fourth-order valence-electron chi connectivity index (χ4n) is 5.17. The molecule has 0 unspecified atom stereocenters. The average Bonchev–Trinajstić information content (AvgIpc) is 2.81. The number of hydrogen-bond donors (Lipinski definition) is 5. The molecule has 0 spiro atoms. The molecule has 0 saturated heterocycles. The molecule has 7 nitrogen and oxygen atoms in total. The van der Waals surface area contributed by atoms with Gasteiger partial charge in [0.15, 0.2) is 0 Å².